The van der Waals surface area contributed by atoms with E-state index in [-0.39, 0.29) is 29.9 Å². The van der Waals surface area contributed by atoms with E-state index in [1.807, 2.05) is 0 Å². The summed E-state index contributed by atoms with van der Waals surface area (Å²) < 4.78 is 6.28. The molecule has 0 aromatic heterocycles. The zero-order chi connectivity index (χ0) is 46.2. The van der Waals surface area contributed by atoms with Gasteiger partial charge in [0, 0.05) is 32.5 Å². The predicted molar refractivity (Wildman–Crippen MR) is 268 cm³/mol. The Balaban J connectivity index is 1.17. The standard InChI is InChI=1S/C56H102N4O4/c1-7-8-9-10-11-12-13-14-15-16-17-18-19-20-21-22-29-52(61)58-40-26-41-60(43-53(62)59-39-24-23-38-57)54(63)64-47-34-36-55(5)46(42-47)30-31-48-50-33-32-49(45(4)28-25-27-44(2)3)56(50,6)37-35-51(48)55/h30,44-45,47-51H,7-29,31-43,57H2,1-6H3,(H,58,61)(H,59,62)/t45-,47+,48+,49-,50+,51+,55+,56-/m1/s1. The number of nitrogens with two attached hydrogens (primary N) is 1. The number of nitrogens with one attached hydrogen (secondary N) is 2. The van der Waals surface area contributed by atoms with Crippen molar-refractivity contribution in [3.63, 3.8) is 0 Å². The molecule has 3 saturated carbocycles. The van der Waals surface area contributed by atoms with Gasteiger partial charge in [-0.2, -0.15) is 0 Å². The lowest BCUT2D eigenvalue weighted by Gasteiger charge is -2.58. The second-order valence-electron chi connectivity index (χ2n) is 22.6. The van der Waals surface area contributed by atoms with Crippen LogP contribution in [-0.2, 0) is 14.3 Å². The third-order valence-electron chi connectivity index (χ3n) is 17.3. The second kappa shape index (κ2) is 29.6. The predicted octanol–water partition coefficient (Wildman–Crippen LogP) is 13.8. The SMILES string of the molecule is CCCCCCCCCCCCCCCCCCC(=O)NCCCN(CC(=O)NCCCCN)C(=O)O[C@H]1CC[C@@]2(C)C(=CC[C@H]3[C@@H]4CC[C@H]([C@H](C)CCCC(C)C)[C@@]4(C)CC[C@@H]32)C1. The minimum atomic E-state index is -0.410. The van der Waals surface area contributed by atoms with Crippen molar-refractivity contribution in [3.8, 4) is 0 Å². The molecule has 0 radical (unpaired) electrons. The third-order valence-corrected chi connectivity index (χ3v) is 17.3. The third kappa shape index (κ3) is 17.5. The molecule has 0 saturated heterocycles. The van der Waals surface area contributed by atoms with Gasteiger partial charge in [0.2, 0.25) is 11.8 Å². The van der Waals surface area contributed by atoms with Gasteiger partial charge in [0.15, 0.2) is 0 Å². The maximum Gasteiger partial charge on any atom is 0.410 e. The summed E-state index contributed by atoms with van der Waals surface area (Å²) in [5.74, 6) is 4.69. The normalized spacial score (nSPS) is 26.7. The van der Waals surface area contributed by atoms with Crippen LogP contribution in [0.5, 0.6) is 0 Å². The maximum atomic E-state index is 13.8. The van der Waals surface area contributed by atoms with Gasteiger partial charge in [-0.3, -0.25) is 14.5 Å². The van der Waals surface area contributed by atoms with E-state index in [1.165, 1.54) is 147 Å². The van der Waals surface area contributed by atoms with Crippen LogP contribution in [0.3, 0.4) is 0 Å². The number of hydrogen-bond acceptors (Lipinski definition) is 5. The molecule has 0 bridgehead atoms. The molecule has 8 heteroatoms. The molecule has 0 spiro atoms. The van der Waals surface area contributed by atoms with Crippen LogP contribution in [0.4, 0.5) is 4.79 Å². The van der Waals surface area contributed by atoms with E-state index < -0.39 is 6.09 Å². The lowest BCUT2D eigenvalue weighted by Crippen LogP contribution is -2.51. The molecule has 8 atom stereocenters. The highest BCUT2D eigenvalue weighted by Crippen LogP contribution is 2.67. The molecule has 4 rings (SSSR count). The molecule has 0 aromatic carbocycles. The Morgan fingerprint density at radius 3 is 1.98 bits per heavy atom. The van der Waals surface area contributed by atoms with Crippen LogP contribution in [0.15, 0.2) is 11.6 Å². The molecular formula is C56H102N4O4. The molecule has 4 aliphatic carbocycles. The van der Waals surface area contributed by atoms with Crippen LogP contribution in [0, 0.1) is 46.3 Å². The largest absolute Gasteiger partial charge is 0.446 e. The number of fused-ring (bicyclic) bond motifs is 5. The lowest BCUT2D eigenvalue weighted by atomic mass is 9.47. The number of carbonyl (C=O) groups excluding carboxylic acids is 3. The molecule has 4 N–H and O–H groups in total. The van der Waals surface area contributed by atoms with E-state index in [0.717, 1.165) is 80.5 Å². The van der Waals surface area contributed by atoms with Crippen molar-refractivity contribution in [1.82, 2.24) is 15.5 Å². The summed E-state index contributed by atoms with van der Waals surface area (Å²) in [5.41, 5.74) is 7.82. The van der Waals surface area contributed by atoms with Crippen molar-refractivity contribution >= 4 is 17.9 Å². The first kappa shape index (κ1) is 54.5. The molecule has 8 nitrogen and oxygen atoms in total. The number of unbranched alkanes of at least 4 members (excludes halogenated alkanes) is 16. The molecule has 0 unspecified atom stereocenters. The number of rotatable bonds is 33. The van der Waals surface area contributed by atoms with Gasteiger partial charge in [0.05, 0.1) is 0 Å². The topological polar surface area (TPSA) is 114 Å². The van der Waals surface area contributed by atoms with E-state index in [1.54, 1.807) is 4.90 Å². The Hall–Kier alpha value is -2.09. The monoisotopic (exact) mass is 895 g/mol. The Morgan fingerprint density at radius 2 is 1.34 bits per heavy atom. The molecule has 0 aromatic rings. The summed E-state index contributed by atoms with van der Waals surface area (Å²) in [6.07, 6.45) is 39.4. The van der Waals surface area contributed by atoms with Gasteiger partial charge in [0.25, 0.3) is 0 Å². The maximum absolute atomic E-state index is 13.8. The zero-order valence-electron chi connectivity index (χ0n) is 42.7. The van der Waals surface area contributed by atoms with Gasteiger partial charge < -0.3 is 21.1 Å². The molecular weight excluding hydrogens is 793 g/mol. The number of carbonyl (C=O) groups is 3. The number of amides is 3. The number of nitrogens with zero attached hydrogens (tertiary/aromatic N) is 1. The molecule has 3 fully saturated rings. The Bertz CT molecular complexity index is 1370. The van der Waals surface area contributed by atoms with E-state index in [9.17, 15) is 14.4 Å². The Morgan fingerprint density at radius 1 is 0.719 bits per heavy atom. The van der Waals surface area contributed by atoms with Crippen LogP contribution in [0.25, 0.3) is 0 Å². The fourth-order valence-electron chi connectivity index (χ4n) is 13.4. The molecule has 0 aliphatic heterocycles. The number of ether oxygens (including phenoxy) is 1. The molecule has 4 aliphatic rings. The van der Waals surface area contributed by atoms with E-state index in [0.29, 0.717) is 44.4 Å². The summed E-state index contributed by atoms with van der Waals surface area (Å²) in [6, 6.07) is 0. The van der Waals surface area contributed by atoms with Crippen molar-refractivity contribution in [2.45, 2.75) is 247 Å². The van der Waals surface area contributed by atoms with Crippen molar-refractivity contribution in [1.29, 1.82) is 0 Å². The van der Waals surface area contributed by atoms with Crippen LogP contribution >= 0.6 is 0 Å². The summed E-state index contributed by atoms with van der Waals surface area (Å²) >= 11 is 0. The first-order valence-corrected chi connectivity index (χ1v) is 27.8. The highest BCUT2D eigenvalue weighted by atomic mass is 16.6. The minimum Gasteiger partial charge on any atom is -0.446 e. The van der Waals surface area contributed by atoms with Crippen molar-refractivity contribution in [2.75, 3.05) is 32.7 Å². The molecule has 64 heavy (non-hydrogen) atoms. The molecule has 0 heterocycles. The highest BCUT2D eigenvalue weighted by molar-refractivity contribution is 5.82. The summed E-state index contributed by atoms with van der Waals surface area (Å²) in [6.45, 7) is 16.7. The van der Waals surface area contributed by atoms with Gasteiger partial charge in [0.1, 0.15) is 12.6 Å². The van der Waals surface area contributed by atoms with Gasteiger partial charge in [-0.25, -0.2) is 4.79 Å². The summed E-state index contributed by atoms with van der Waals surface area (Å²) in [4.78, 5) is 41.1. The average Bonchev–Trinajstić information content (AvgIpc) is 3.63. The first-order chi connectivity index (χ1) is 30.9. The highest BCUT2D eigenvalue weighted by Gasteiger charge is 2.59. The van der Waals surface area contributed by atoms with E-state index in [4.69, 9.17) is 10.5 Å². The molecule has 3 amide bonds. The van der Waals surface area contributed by atoms with E-state index in [2.05, 4.69) is 58.3 Å². The average molecular weight is 895 g/mol. The Labute approximate surface area is 394 Å². The number of hydrogen-bond donors (Lipinski definition) is 3. The fourth-order valence-corrected chi connectivity index (χ4v) is 13.4. The first-order valence-electron chi connectivity index (χ1n) is 27.8. The van der Waals surface area contributed by atoms with Crippen LogP contribution in [0.1, 0.15) is 241 Å². The van der Waals surface area contributed by atoms with Gasteiger partial charge in [-0.1, -0.05) is 169 Å². The lowest BCUT2D eigenvalue weighted by molar-refractivity contribution is -0.123. The van der Waals surface area contributed by atoms with Gasteiger partial charge in [-0.15, -0.1) is 0 Å². The van der Waals surface area contributed by atoms with Crippen molar-refractivity contribution < 1.29 is 19.1 Å². The van der Waals surface area contributed by atoms with Crippen LogP contribution in [0.2, 0.25) is 0 Å². The Kier molecular flexibility index (Phi) is 25.2. The quantitative estimate of drug-likeness (QED) is 0.0448. The summed E-state index contributed by atoms with van der Waals surface area (Å²) in [5, 5.41) is 6.03. The minimum absolute atomic E-state index is 0.0387. The number of allylic oxidation sites excluding steroid dienone is 1. The van der Waals surface area contributed by atoms with Gasteiger partial charge >= 0.3 is 6.09 Å². The van der Waals surface area contributed by atoms with E-state index >= 15 is 0 Å². The van der Waals surface area contributed by atoms with Gasteiger partial charge in [-0.05, 0) is 124 Å². The fraction of sp³-hybridized carbons (Fsp3) is 0.911. The van der Waals surface area contributed by atoms with Crippen LogP contribution < -0.4 is 16.4 Å². The van der Waals surface area contributed by atoms with Crippen LogP contribution in [-0.4, -0.2) is 61.6 Å². The van der Waals surface area contributed by atoms with Crippen molar-refractivity contribution in [3.05, 3.63) is 11.6 Å². The smallest absolute Gasteiger partial charge is 0.410 e. The molecule has 370 valence electrons. The summed E-state index contributed by atoms with van der Waals surface area (Å²) in [7, 11) is 0. The zero-order valence-corrected chi connectivity index (χ0v) is 42.7. The second-order valence-corrected chi connectivity index (χ2v) is 22.6. The van der Waals surface area contributed by atoms with Crippen molar-refractivity contribution in [2.24, 2.45) is 52.1 Å².